The van der Waals surface area contributed by atoms with E-state index < -0.39 is 0 Å². The first kappa shape index (κ1) is 5.40. The fourth-order valence-electron chi connectivity index (χ4n) is 0.439. The number of hydrogen-bond acceptors (Lipinski definition) is 1. The first-order valence-electron chi connectivity index (χ1n) is 2.31. The Balaban J connectivity index is 2.88. The zero-order chi connectivity index (χ0) is 5.82. The van der Waals surface area contributed by atoms with Crippen molar-refractivity contribution in [3.05, 3.63) is 22.4 Å². The van der Waals surface area contributed by atoms with Crippen LogP contribution in [0.15, 0.2) is 11.4 Å². The van der Waals surface area contributed by atoms with Crippen molar-refractivity contribution in [2.45, 2.75) is 6.92 Å². The lowest BCUT2D eigenvalue weighted by atomic mass is 10.3. The van der Waals surface area contributed by atoms with Crippen molar-refractivity contribution < 1.29 is 0 Å². The molecule has 1 aromatic heterocycles. The maximum absolute atomic E-state index is 2.95. The summed E-state index contributed by atoms with van der Waals surface area (Å²) in [5.74, 6) is 5.72. The minimum Gasteiger partial charge on any atom is -0.142 e. The van der Waals surface area contributed by atoms with Crippen LogP contribution in [0.5, 0.6) is 0 Å². The summed E-state index contributed by atoms with van der Waals surface area (Å²) in [7, 11) is 0. The first-order chi connectivity index (χ1) is 3.93. The molecule has 1 heterocycles. The molecule has 0 amide bonds. The van der Waals surface area contributed by atoms with E-state index in [4.69, 9.17) is 0 Å². The highest BCUT2D eigenvalue weighted by Gasteiger charge is 1.80. The van der Waals surface area contributed by atoms with Crippen LogP contribution < -0.4 is 0 Å². The Kier molecular flexibility index (Phi) is 1.71. The predicted octanol–water partition coefficient (Wildman–Crippen LogP) is 1.92. The van der Waals surface area contributed by atoms with E-state index in [1.54, 1.807) is 11.3 Å². The fraction of sp³-hybridized carbons (Fsp3) is 0.143. The molecule has 0 spiro atoms. The Labute approximate surface area is 53.2 Å². The summed E-state index contributed by atoms with van der Waals surface area (Å²) in [4.78, 5) is 0. The van der Waals surface area contributed by atoms with Gasteiger partial charge in [0.05, 0.1) is 0 Å². The van der Waals surface area contributed by atoms with Gasteiger partial charge in [0.25, 0.3) is 0 Å². The van der Waals surface area contributed by atoms with Gasteiger partial charge in [-0.3, -0.25) is 0 Å². The Bertz CT molecular complexity index is 198. The highest BCUT2D eigenvalue weighted by Crippen LogP contribution is 2.01. The molecule has 0 fully saturated rings. The first-order valence-corrected chi connectivity index (χ1v) is 3.19. The number of rotatable bonds is 0. The molecule has 0 saturated carbocycles. The van der Waals surface area contributed by atoms with Crippen molar-refractivity contribution in [3.63, 3.8) is 0 Å². The van der Waals surface area contributed by atoms with Crippen LogP contribution in [0.3, 0.4) is 0 Å². The van der Waals surface area contributed by atoms with Gasteiger partial charge in [-0.05, 0) is 13.0 Å². The molecule has 1 aromatic rings. The zero-order valence-corrected chi connectivity index (χ0v) is 5.38. The summed E-state index contributed by atoms with van der Waals surface area (Å²) in [5, 5.41) is 4.94. The van der Waals surface area contributed by atoms with Gasteiger partial charge in [-0.2, -0.15) is 0 Å². The molecule has 0 aliphatic carbocycles. The molecule has 0 atom stereocenters. The van der Waals surface area contributed by atoms with Crippen molar-refractivity contribution in [1.29, 1.82) is 0 Å². The van der Waals surface area contributed by atoms with Crippen LogP contribution in [-0.4, -0.2) is 0 Å². The molecule has 8 heavy (non-hydrogen) atoms. The van der Waals surface area contributed by atoms with Crippen LogP contribution in [0, 0.1) is 17.2 Å². The van der Waals surface area contributed by atoms with Gasteiger partial charge in [0, 0.05) is 16.3 Å². The summed E-state index contributed by atoms with van der Waals surface area (Å²) in [6, 6.07) is 1.89. The molecule has 39 valence electrons. The zero-order valence-electron chi connectivity index (χ0n) is 4.56. The van der Waals surface area contributed by atoms with Gasteiger partial charge in [-0.15, -0.1) is 17.3 Å². The second-order valence-electron chi connectivity index (χ2n) is 1.33. The van der Waals surface area contributed by atoms with Crippen molar-refractivity contribution in [2.75, 3.05) is 0 Å². The maximum atomic E-state index is 2.95. The molecular formula is C7H5S. The summed E-state index contributed by atoms with van der Waals surface area (Å²) >= 11 is 1.55. The molecule has 0 aromatic carbocycles. The summed E-state index contributed by atoms with van der Waals surface area (Å²) in [6.07, 6.45) is 0. The Morgan fingerprint density at radius 2 is 2.62 bits per heavy atom. The van der Waals surface area contributed by atoms with E-state index in [2.05, 4.69) is 17.2 Å². The monoisotopic (exact) mass is 121 g/mol. The second-order valence-corrected chi connectivity index (χ2v) is 2.04. The third-order valence-corrected chi connectivity index (χ3v) is 1.36. The van der Waals surface area contributed by atoms with Crippen molar-refractivity contribution in [1.82, 2.24) is 0 Å². The largest absolute Gasteiger partial charge is 0.142 e. The normalized spacial score (nSPS) is 7.62. The van der Waals surface area contributed by atoms with Gasteiger partial charge in [-0.25, -0.2) is 0 Å². The number of hydrogen-bond donors (Lipinski definition) is 0. The van der Waals surface area contributed by atoms with E-state index in [1.165, 1.54) is 0 Å². The van der Waals surface area contributed by atoms with Gasteiger partial charge in [0.1, 0.15) is 0 Å². The van der Waals surface area contributed by atoms with E-state index in [9.17, 15) is 0 Å². The third kappa shape index (κ3) is 1.11. The Morgan fingerprint density at radius 1 is 1.75 bits per heavy atom. The van der Waals surface area contributed by atoms with Gasteiger partial charge in [0.2, 0.25) is 0 Å². The quantitative estimate of drug-likeness (QED) is 0.460. The standard InChI is InChI=1S/C7H5S/c1-2-3-7-4-5-8-6-7/h4,6H,1H3. The fourth-order valence-corrected chi connectivity index (χ4v) is 0.956. The van der Waals surface area contributed by atoms with Gasteiger partial charge in [0.15, 0.2) is 0 Å². The van der Waals surface area contributed by atoms with Gasteiger partial charge in [-0.1, -0.05) is 5.92 Å². The average molecular weight is 121 g/mol. The molecule has 1 rings (SSSR count). The SMILES string of the molecule is CC#Cc1c[c]sc1. The molecule has 0 aliphatic heterocycles. The Hall–Kier alpha value is -0.740. The smallest absolute Gasteiger partial charge is 0.0455 e. The highest BCUT2D eigenvalue weighted by molar-refractivity contribution is 7.07. The lowest BCUT2D eigenvalue weighted by Crippen LogP contribution is -1.57. The van der Waals surface area contributed by atoms with Crippen LogP contribution >= 0.6 is 11.3 Å². The highest BCUT2D eigenvalue weighted by atomic mass is 32.1. The second kappa shape index (κ2) is 2.54. The van der Waals surface area contributed by atoms with Crippen LogP contribution in [0.25, 0.3) is 0 Å². The van der Waals surface area contributed by atoms with Crippen LogP contribution in [0.1, 0.15) is 12.5 Å². The summed E-state index contributed by atoms with van der Waals surface area (Å²) in [6.45, 7) is 1.83. The molecular weight excluding hydrogens is 116 g/mol. The van der Waals surface area contributed by atoms with E-state index >= 15 is 0 Å². The average Bonchev–Trinajstić information content (AvgIpc) is 2.19. The lowest BCUT2D eigenvalue weighted by Gasteiger charge is -1.69. The summed E-state index contributed by atoms with van der Waals surface area (Å²) in [5.41, 5.74) is 1.07. The van der Waals surface area contributed by atoms with Crippen LogP contribution in [-0.2, 0) is 0 Å². The molecule has 0 aliphatic rings. The Morgan fingerprint density at radius 3 is 3.12 bits per heavy atom. The van der Waals surface area contributed by atoms with Crippen LogP contribution in [0.2, 0.25) is 0 Å². The van der Waals surface area contributed by atoms with E-state index in [0.29, 0.717) is 0 Å². The summed E-state index contributed by atoms with van der Waals surface area (Å²) < 4.78 is 0. The maximum Gasteiger partial charge on any atom is 0.0455 e. The predicted molar refractivity (Wildman–Crippen MR) is 35.7 cm³/mol. The minimum atomic E-state index is 1.07. The third-order valence-electron chi connectivity index (χ3n) is 0.738. The molecule has 0 unspecified atom stereocenters. The molecule has 0 saturated heterocycles. The lowest BCUT2D eigenvalue weighted by molar-refractivity contribution is 1.81. The molecule has 0 N–H and O–H groups in total. The number of thiophene rings is 1. The van der Waals surface area contributed by atoms with E-state index in [-0.39, 0.29) is 0 Å². The molecule has 1 heteroatoms. The topological polar surface area (TPSA) is 0 Å². The van der Waals surface area contributed by atoms with Crippen molar-refractivity contribution in [2.24, 2.45) is 0 Å². The van der Waals surface area contributed by atoms with Crippen molar-refractivity contribution in [3.8, 4) is 11.8 Å². The van der Waals surface area contributed by atoms with Gasteiger partial charge >= 0.3 is 0 Å². The van der Waals surface area contributed by atoms with Crippen LogP contribution in [0.4, 0.5) is 0 Å². The molecule has 1 radical (unpaired) electrons. The van der Waals surface area contributed by atoms with E-state index in [0.717, 1.165) is 5.56 Å². The molecule has 0 nitrogen and oxygen atoms in total. The minimum absolute atomic E-state index is 1.07. The van der Waals surface area contributed by atoms with Gasteiger partial charge < -0.3 is 0 Å². The van der Waals surface area contributed by atoms with Crippen molar-refractivity contribution >= 4 is 11.3 Å². The molecule has 0 bridgehead atoms. The van der Waals surface area contributed by atoms with E-state index in [1.807, 2.05) is 18.4 Å².